The maximum atomic E-state index is 11.8. The number of ether oxygens (including phenoxy) is 2. The summed E-state index contributed by atoms with van der Waals surface area (Å²) in [5, 5.41) is 4.64. The van der Waals surface area contributed by atoms with Crippen molar-refractivity contribution in [1.82, 2.24) is 5.43 Å². The summed E-state index contributed by atoms with van der Waals surface area (Å²) in [6.07, 6.45) is 1.54. The van der Waals surface area contributed by atoms with Crippen molar-refractivity contribution in [1.29, 1.82) is 0 Å². The van der Waals surface area contributed by atoms with Gasteiger partial charge in [0.1, 0.15) is 11.5 Å². The summed E-state index contributed by atoms with van der Waals surface area (Å²) >= 11 is 6.11. The Kier molecular flexibility index (Phi) is 6.83. The summed E-state index contributed by atoms with van der Waals surface area (Å²) in [5.74, 6) is 0.960. The molecule has 25 heavy (non-hydrogen) atoms. The molecular formula is C19H21ClN2O3. The molecule has 0 spiro atoms. The number of rotatable bonds is 7. The number of nitrogens with zero attached hydrogens (tertiary/aromatic N) is 1. The van der Waals surface area contributed by atoms with E-state index >= 15 is 0 Å². The molecule has 5 nitrogen and oxygen atoms in total. The Balaban J connectivity index is 1.89. The van der Waals surface area contributed by atoms with E-state index in [4.69, 9.17) is 21.1 Å². The van der Waals surface area contributed by atoms with Crippen LogP contribution in [0.2, 0.25) is 5.02 Å². The van der Waals surface area contributed by atoms with Gasteiger partial charge in [-0.15, -0.1) is 0 Å². The lowest BCUT2D eigenvalue weighted by Crippen LogP contribution is -2.24. The van der Waals surface area contributed by atoms with E-state index in [1.165, 1.54) is 0 Å². The van der Waals surface area contributed by atoms with Crippen molar-refractivity contribution in [2.75, 3.05) is 13.2 Å². The number of amides is 1. The van der Waals surface area contributed by atoms with E-state index in [2.05, 4.69) is 10.5 Å². The zero-order chi connectivity index (χ0) is 18.2. The van der Waals surface area contributed by atoms with Crippen molar-refractivity contribution in [3.8, 4) is 11.5 Å². The number of carbonyl (C=O) groups excluding carboxylic acids is 1. The molecule has 2 rings (SSSR count). The second-order valence-corrected chi connectivity index (χ2v) is 5.80. The van der Waals surface area contributed by atoms with Crippen LogP contribution in [0, 0.1) is 13.8 Å². The third kappa shape index (κ3) is 5.50. The van der Waals surface area contributed by atoms with Gasteiger partial charge >= 0.3 is 0 Å². The molecule has 0 saturated heterocycles. The molecule has 0 aliphatic rings. The molecule has 0 unspecified atom stereocenters. The van der Waals surface area contributed by atoms with Gasteiger partial charge in [0.2, 0.25) is 0 Å². The minimum atomic E-state index is -0.351. The Labute approximate surface area is 152 Å². The molecule has 0 atom stereocenters. The Morgan fingerprint density at radius 3 is 2.56 bits per heavy atom. The van der Waals surface area contributed by atoms with Crippen molar-refractivity contribution >= 4 is 23.7 Å². The SMILES string of the molecule is CCOc1ccccc1/C=N/NC(=O)COc1cc(C)c(Cl)c(C)c1. The number of aryl methyl sites for hydroxylation is 2. The molecule has 0 bridgehead atoms. The number of halogens is 1. The van der Waals surface area contributed by atoms with Crippen LogP contribution >= 0.6 is 11.6 Å². The first kappa shape index (κ1) is 18.8. The molecule has 0 saturated carbocycles. The van der Waals surface area contributed by atoms with Gasteiger partial charge in [-0.3, -0.25) is 4.79 Å². The zero-order valence-electron chi connectivity index (χ0n) is 14.5. The van der Waals surface area contributed by atoms with E-state index in [9.17, 15) is 4.79 Å². The minimum Gasteiger partial charge on any atom is -0.493 e. The fourth-order valence-electron chi connectivity index (χ4n) is 2.22. The van der Waals surface area contributed by atoms with Crippen LogP contribution in [0.4, 0.5) is 0 Å². The quantitative estimate of drug-likeness (QED) is 0.602. The number of carbonyl (C=O) groups is 1. The molecule has 0 aromatic heterocycles. The van der Waals surface area contributed by atoms with Crippen molar-refractivity contribution in [3.05, 3.63) is 58.1 Å². The largest absolute Gasteiger partial charge is 0.493 e. The molecule has 6 heteroatoms. The molecule has 132 valence electrons. The molecule has 2 aromatic carbocycles. The number of hydrogen-bond donors (Lipinski definition) is 1. The van der Waals surface area contributed by atoms with Gasteiger partial charge in [-0.1, -0.05) is 23.7 Å². The lowest BCUT2D eigenvalue weighted by molar-refractivity contribution is -0.123. The van der Waals surface area contributed by atoms with Crippen LogP contribution in [-0.4, -0.2) is 25.3 Å². The topological polar surface area (TPSA) is 59.9 Å². The Bertz CT molecular complexity index is 752. The van der Waals surface area contributed by atoms with E-state index in [1.54, 1.807) is 18.3 Å². The van der Waals surface area contributed by atoms with E-state index in [-0.39, 0.29) is 12.5 Å². The standard InChI is InChI=1S/C19H21ClN2O3/c1-4-24-17-8-6-5-7-15(17)11-21-22-18(23)12-25-16-9-13(2)19(20)14(3)10-16/h5-11H,4,12H2,1-3H3,(H,22,23)/b21-11+. The molecule has 0 radical (unpaired) electrons. The van der Waals surface area contributed by atoms with Crippen LogP contribution < -0.4 is 14.9 Å². The average Bonchev–Trinajstić information content (AvgIpc) is 2.59. The van der Waals surface area contributed by atoms with Crippen molar-refractivity contribution < 1.29 is 14.3 Å². The van der Waals surface area contributed by atoms with Crippen molar-refractivity contribution in [2.45, 2.75) is 20.8 Å². The lowest BCUT2D eigenvalue weighted by Gasteiger charge is -2.09. The first-order chi connectivity index (χ1) is 12.0. The third-order valence-electron chi connectivity index (χ3n) is 3.39. The van der Waals surface area contributed by atoms with Gasteiger partial charge in [-0.05, 0) is 56.2 Å². The monoisotopic (exact) mass is 360 g/mol. The summed E-state index contributed by atoms with van der Waals surface area (Å²) in [6.45, 7) is 6.12. The summed E-state index contributed by atoms with van der Waals surface area (Å²) in [4.78, 5) is 11.8. The van der Waals surface area contributed by atoms with Crippen LogP contribution in [0.1, 0.15) is 23.6 Å². The molecule has 0 fully saturated rings. The van der Waals surface area contributed by atoms with Gasteiger partial charge in [0, 0.05) is 10.6 Å². The number of nitrogens with one attached hydrogen (secondary N) is 1. The molecule has 0 aliphatic carbocycles. The summed E-state index contributed by atoms with van der Waals surface area (Å²) < 4.78 is 11.0. The number of para-hydroxylation sites is 1. The van der Waals surface area contributed by atoms with E-state index in [0.29, 0.717) is 23.1 Å². The van der Waals surface area contributed by atoms with Gasteiger partial charge in [-0.2, -0.15) is 5.10 Å². The van der Waals surface area contributed by atoms with Gasteiger partial charge in [-0.25, -0.2) is 5.43 Å². The van der Waals surface area contributed by atoms with Crippen molar-refractivity contribution in [2.24, 2.45) is 5.10 Å². The Morgan fingerprint density at radius 2 is 1.88 bits per heavy atom. The van der Waals surface area contributed by atoms with E-state index < -0.39 is 0 Å². The van der Waals surface area contributed by atoms with Crippen molar-refractivity contribution in [3.63, 3.8) is 0 Å². The number of hydrazone groups is 1. The van der Waals surface area contributed by atoms with Crippen LogP contribution in [0.3, 0.4) is 0 Å². The normalized spacial score (nSPS) is 10.7. The first-order valence-corrected chi connectivity index (χ1v) is 8.32. The summed E-state index contributed by atoms with van der Waals surface area (Å²) in [7, 11) is 0. The Morgan fingerprint density at radius 1 is 1.20 bits per heavy atom. The Hall–Kier alpha value is -2.53. The molecule has 1 N–H and O–H groups in total. The van der Waals surface area contributed by atoms with E-state index in [0.717, 1.165) is 16.7 Å². The third-order valence-corrected chi connectivity index (χ3v) is 3.99. The highest BCUT2D eigenvalue weighted by Gasteiger charge is 2.06. The zero-order valence-corrected chi connectivity index (χ0v) is 15.3. The van der Waals surface area contributed by atoms with Gasteiger partial charge in [0.05, 0.1) is 12.8 Å². The maximum absolute atomic E-state index is 11.8. The maximum Gasteiger partial charge on any atom is 0.277 e. The number of hydrogen-bond acceptors (Lipinski definition) is 4. The van der Waals surface area contributed by atoms with E-state index in [1.807, 2.05) is 45.0 Å². The minimum absolute atomic E-state index is 0.134. The highest BCUT2D eigenvalue weighted by atomic mass is 35.5. The molecular weight excluding hydrogens is 340 g/mol. The molecule has 0 heterocycles. The molecule has 1 amide bonds. The van der Waals surface area contributed by atoms with Gasteiger partial charge in [0.15, 0.2) is 6.61 Å². The highest BCUT2D eigenvalue weighted by molar-refractivity contribution is 6.32. The average molecular weight is 361 g/mol. The predicted molar refractivity (Wildman–Crippen MR) is 99.8 cm³/mol. The summed E-state index contributed by atoms with van der Waals surface area (Å²) in [5.41, 5.74) is 5.03. The lowest BCUT2D eigenvalue weighted by atomic mass is 10.1. The second-order valence-electron chi connectivity index (χ2n) is 5.42. The van der Waals surface area contributed by atoms with Crippen LogP contribution in [0.25, 0.3) is 0 Å². The predicted octanol–water partition coefficient (Wildman–Crippen LogP) is 3.88. The number of benzene rings is 2. The second kappa shape index (κ2) is 9.08. The fourth-order valence-corrected chi connectivity index (χ4v) is 2.33. The fraction of sp³-hybridized carbons (Fsp3) is 0.263. The van der Waals surface area contributed by atoms with Gasteiger partial charge in [0.25, 0.3) is 5.91 Å². The first-order valence-electron chi connectivity index (χ1n) is 7.94. The highest BCUT2D eigenvalue weighted by Crippen LogP contribution is 2.25. The summed E-state index contributed by atoms with van der Waals surface area (Å²) in [6, 6.07) is 11.1. The smallest absolute Gasteiger partial charge is 0.277 e. The van der Waals surface area contributed by atoms with Crippen LogP contribution in [-0.2, 0) is 4.79 Å². The molecule has 0 aliphatic heterocycles. The van der Waals surface area contributed by atoms with Gasteiger partial charge < -0.3 is 9.47 Å². The van der Waals surface area contributed by atoms with Crippen LogP contribution in [0.15, 0.2) is 41.5 Å². The molecule has 2 aromatic rings. The van der Waals surface area contributed by atoms with Crippen LogP contribution in [0.5, 0.6) is 11.5 Å².